The highest BCUT2D eigenvalue weighted by atomic mass is 16.3. The Balaban J connectivity index is 2.61. The molecule has 1 aliphatic heterocycles. The minimum Gasteiger partial charge on any atom is -0.395 e. The molecule has 0 radical (unpaired) electrons. The van der Waals surface area contributed by atoms with Crippen molar-refractivity contribution < 1.29 is 15.3 Å². The SMILES string of the molecule is CCCCN1[C@H](C)[C@@H](O)[C@H](O)[C@H]1CO. The van der Waals surface area contributed by atoms with Gasteiger partial charge in [-0.1, -0.05) is 13.3 Å². The van der Waals surface area contributed by atoms with Gasteiger partial charge in [0.05, 0.1) is 24.9 Å². The van der Waals surface area contributed by atoms with E-state index in [0.29, 0.717) is 0 Å². The van der Waals surface area contributed by atoms with Gasteiger partial charge in [-0.25, -0.2) is 0 Å². The Hall–Kier alpha value is -0.160. The van der Waals surface area contributed by atoms with E-state index in [0.717, 1.165) is 19.4 Å². The van der Waals surface area contributed by atoms with Gasteiger partial charge in [-0.3, -0.25) is 4.90 Å². The zero-order chi connectivity index (χ0) is 10.7. The fraction of sp³-hybridized carbons (Fsp3) is 1.00. The summed E-state index contributed by atoms with van der Waals surface area (Å²) in [5, 5.41) is 28.4. The second-order valence-corrected chi connectivity index (χ2v) is 4.06. The van der Waals surface area contributed by atoms with Gasteiger partial charge in [0.2, 0.25) is 0 Å². The van der Waals surface area contributed by atoms with Crippen molar-refractivity contribution in [2.75, 3.05) is 13.2 Å². The Morgan fingerprint density at radius 3 is 2.36 bits per heavy atom. The van der Waals surface area contributed by atoms with E-state index in [1.165, 1.54) is 0 Å². The van der Waals surface area contributed by atoms with E-state index in [-0.39, 0.29) is 18.7 Å². The van der Waals surface area contributed by atoms with Crippen LogP contribution in [-0.2, 0) is 0 Å². The Morgan fingerprint density at radius 1 is 1.21 bits per heavy atom. The molecule has 3 N–H and O–H groups in total. The number of rotatable bonds is 4. The maximum atomic E-state index is 9.65. The summed E-state index contributed by atoms with van der Waals surface area (Å²) in [6.45, 7) is 4.73. The van der Waals surface area contributed by atoms with E-state index in [1.807, 2.05) is 11.8 Å². The Morgan fingerprint density at radius 2 is 1.86 bits per heavy atom. The number of nitrogens with zero attached hydrogens (tertiary/aromatic N) is 1. The van der Waals surface area contributed by atoms with Crippen molar-refractivity contribution in [3.05, 3.63) is 0 Å². The molecule has 0 amide bonds. The largest absolute Gasteiger partial charge is 0.395 e. The van der Waals surface area contributed by atoms with E-state index in [2.05, 4.69) is 6.92 Å². The van der Waals surface area contributed by atoms with E-state index in [4.69, 9.17) is 5.11 Å². The van der Waals surface area contributed by atoms with Gasteiger partial charge in [0.15, 0.2) is 0 Å². The number of aliphatic hydroxyl groups excluding tert-OH is 3. The molecule has 0 aromatic heterocycles. The van der Waals surface area contributed by atoms with Crippen LogP contribution >= 0.6 is 0 Å². The van der Waals surface area contributed by atoms with Crippen LogP contribution in [0.3, 0.4) is 0 Å². The summed E-state index contributed by atoms with van der Waals surface area (Å²) in [6.07, 6.45) is 0.560. The molecule has 0 aliphatic carbocycles. The summed E-state index contributed by atoms with van der Waals surface area (Å²) in [5.41, 5.74) is 0. The summed E-state index contributed by atoms with van der Waals surface area (Å²) in [5.74, 6) is 0. The van der Waals surface area contributed by atoms with Gasteiger partial charge >= 0.3 is 0 Å². The van der Waals surface area contributed by atoms with E-state index < -0.39 is 12.2 Å². The van der Waals surface area contributed by atoms with Crippen molar-refractivity contribution in [1.82, 2.24) is 4.90 Å². The van der Waals surface area contributed by atoms with Gasteiger partial charge in [-0.2, -0.15) is 0 Å². The Kier molecular flexibility index (Phi) is 4.31. The topological polar surface area (TPSA) is 63.9 Å². The quantitative estimate of drug-likeness (QED) is 0.580. The average molecular weight is 203 g/mol. The molecule has 1 heterocycles. The molecule has 0 spiro atoms. The molecule has 0 unspecified atom stereocenters. The second-order valence-electron chi connectivity index (χ2n) is 4.06. The summed E-state index contributed by atoms with van der Waals surface area (Å²) >= 11 is 0. The highest BCUT2D eigenvalue weighted by Gasteiger charge is 2.44. The molecule has 84 valence electrons. The number of aliphatic hydroxyl groups is 3. The molecular weight excluding hydrogens is 182 g/mol. The smallest absolute Gasteiger partial charge is 0.0991 e. The third-order valence-electron chi connectivity index (χ3n) is 3.14. The third kappa shape index (κ3) is 2.08. The first-order chi connectivity index (χ1) is 6.63. The molecule has 0 bridgehead atoms. The fourth-order valence-corrected chi connectivity index (χ4v) is 2.13. The van der Waals surface area contributed by atoms with Crippen LogP contribution in [0.1, 0.15) is 26.7 Å². The van der Waals surface area contributed by atoms with Crippen molar-refractivity contribution in [3.8, 4) is 0 Å². The third-order valence-corrected chi connectivity index (χ3v) is 3.14. The highest BCUT2D eigenvalue weighted by molar-refractivity contribution is 4.98. The lowest BCUT2D eigenvalue weighted by Gasteiger charge is -2.27. The molecule has 1 aliphatic rings. The Labute approximate surface area is 85.2 Å². The Bertz CT molecular complexity index is 177. The summed E-state index contributed by atoms with van der Waals surface area (Å²) < 4.78 is 0. The van der Waals surface area contributed by atoms with Crippen LogP contribution in [-0.4, -0.2) is 57.7 Å². The monoisotopic (exact) mass is 203 g/mol. The van der Waals surface area contributed by atoms with Gasteiger partial charge in [0.1, 0.15) is 0 Å². The minimum absolute atomic E-state index is 0.0614. The first-order valence-electron chi connectivity index (χ1n) is 5.36. The van der Waals surface area contributed by atoms with Crippen LogP contribution in [0.4, 0.5) is 0 Å². The predicted molar refractivity (Wildman–Crippen MR) is 54.0 cm³/mol. The van der Waals surface area contributed by atoms with Crippen LogP contribution in [0.15, 0.2) is 0 Å². The van der Waals surface area contributed by atoms with Crippen LogP contribution in [0.2, 0.25) is 0 Å². The molecule has 1 saturated heterocycles. The second kappa shape index (κ2) is 5.07. The van der Waals surface area contributed by atoms with Gasteiger partial charge in [0, 0.05) is 6.04 Å². The molecule has 4 nitrogen and oxygen atoms in total. The van der Waals surface area contributed by atoms with Crippen molar-refractivity contribution in [2.45, 2.75) is 51.0 Å². The molecule has 0 aromatic rings. The molecule has 1 fully saturated rings. The maximum Gasteiger partial charge on any atom is 0.0991 e. The predicted octanol–water partition coefficient (Wildman–Crippen LogP) is -0.427. The van der Waals surface area contributed by atoms with Gasteiger partial charge in [0.25, 0.3) is 0 Å². The highest BCUT2D eigenvalue weighted by Crippen LogP contribution is 2.25. The zero-order valence-electron chi connectivity index (χ0n) is 8.93. The number of hydrogen-bond donors (Lipinski definition) is 3. The van der Waals surface area contributed by atoms with Gasteiger partial charge < -0.3 is 15.3 Å². The molecule has 4 atom stereocenters. The molecule has 1 rings (SSSR count). The van der Waals surface area contributed by atoms with Crippen molar-refractivity contribution in [1.29, 1.82) is 0 Å². The first-order valence-corrected chi connectivity index (χ1v) is 5.36. The lowest BCUT2D eigenvalue weighted by Crippen LogP contribution is -2.41. The standard InChI is InChI=1S/C10H21NO3/c1-3-4-5-11-7(2)9(13)10(14)8(11)6-12/h7-10,12-14H,3-6H2,1-2H3/t7-,8-,9-,10-/m1/s1. The van der Waals surface area contributed by atoms with Crippen molar-refractivity contribution in [3.63, 3.8) is 0 Å². The number of unbranched alkanes of at least 4 members (excludes halogenated alkanes) is 1. The van der Waals surface area contributed by atoms with Crippen molar-refractivity contribution in [2.24, 2.45) is 0 Å². The molecule has 4 heteroatoms. The molecule has 0 aromatic carbocycles. The molecule has 0 saturated carbocycles. The van der Waals surface area contributed by atoms with E-state index in [1.54, 1.807) is 0 Å². The number of likely N-dealkylation sites (tertiary alicyclic amines) is 1. The zero-order valence-corrected chi connectivity index (χ0v) is 8.93. The summed E-state index contributed by atoms with van der Waals surface area (Å²) in [7, 11) is 0. The lowest BCUT2D eigenvalue weighted by atomic mass is 10.1. The molecule has 14 heavy (non-hydrogen) atoms. The summed E-state index contributed by atoms with van der Waals surface area (Å²) in [4.78, 5) is 2.00. The molecular formula is C10H21NO3. The first kappa shape index (κ1) is 11.9. The van der Waals surface area contributed by atoms with Gasteiger partial charge in [-0.15, -0.1) is 0 Å². The van der Waals surface area contributed by atoms with Crippen LogP contribution in [0.25, 0.3) is 0 Å². The number of hydrogen-bond acceptors (Lipinski definition) is 4. The normalized spacial score (nSPS) is 39.2. The maximum absolute atomic E-state index is 9.65. The minimum atomic E-state index is -0.813. The average Bonchev–Trinajstić information content (AvgIpc) is 2.39. The van der Waals surface area contributed by atoms with Crippen molar-refractivity contribution >= 4 is 0 Å². The van der Waals surface area contributed by atoms with E-state index in [9.17, 15) is 10.2 Å². The fourth-order valence-electron chi connectivity index (χ4n) is 2.13. The van der Waals surface area contributed by atoms with Crippen LogP contribution in [0.5, 0.6) is 0 Å². The summed E-state index contributed by atoms with van der Waals surface area (Å²) in [6, 6.07) is -0.361. The lowest BCUT2D eigenvalue weighted by molar-refractivity contribution is 0.0189. The van der Waals surface area contributed by atoms with E-state index >= 15 is 0 Å². The van der Waals surface area contributed by atoms with Crippen LogP contribution < -0.4 is 0 Å². The van der Waals surface area contributed by atoms with Gasteiger partial charge in [-0.05, 0) is 19.9 Å². The van der Waals surface area contributed by atoms with Crippen LogP contribution in [0, 0.1) is 0 Å².